The Kier molecular flexibility index (Phi) is 4.60. The van der Waals surface area contributed by atoms with E-state index in [2.05, 4.69) is 5.32 Å². The van der Waals surface area contributed by atoms with Crippen molar-refractivity contribution in [2.75, 3.05) is 12.4 Å². The predicted molar refractivity (Wildman–Crippen MR) is 84.8 cm³/mol. The third-order valence-corrected chi connectivity index (χ3v) is 3.52. The second kappa shape index (κ2) is 6.41. The molecule has 2 aromatic rings. The standard InChI is InChI=1S/C17H20N2O2/c1-11-4-6-14(8-12(11)2)17(20)19-15-7-5-13(10-18)9-16(15)21-3/h4-9H,10,18H2,1-3H3,(H,19,20). The van der Waals surface area contributed by atoms with Crippen LogP contribution in [0.5, 0.6) is 5.75 Å². The van der Waals surface area contributed by atoms with E-state index in [1.54, 1.807) is 13.2 Å². The molecular formula is C17H20N2O2. The number of nitrogens with one attached hydrogen (secondary N) is 1. The molecule has 0 unspecified atom stereocenters. The number of aryl methyl sites for hydroxylation is 2. The Morgan fingerprint density at radius 3 is 2.52 bits per heavy atom. The zero-order valence-electron chi connectivity index (χ0n) is 12.6. The van der Waals surface area contributed by atoms with Gasteiger partial charge in [0.2, 0.25) is 0 Å². The first-order valence-electron chi connectivity index (χ1n) is 6.80. The van der Waals surface area contributed by atoms with Crippen LogP contribution < -0.4 is 15.8 Å². The summed E-state index contributed by atoms with van der Waals surface area (Å²) in [5.41, 5.74) is 10.1. The van der Waals surface area contributed by atoms with Gasteiger partial charge in [0, 0.05) is 12.1 Å². The average Bonchev–Trinajstić information content (AvgIpc) is 2.50. The molecule has 0 aliphatic heterocycles. The van der Waals surface area contributed by atoms with Crippen LogP contribution >= 0.6 is 0 Å². The molecule has 110 valence electrons. The van der Waals surface area contributed by atoms with Gasteiger partial charge in [0.15, 0.2) is 0 Å². The van der Waals surface area contributed by atoms with Crippen LogP contribution in [-0.2, 0) is 6.54 Å². The van der Waals surface area contributed by atoms with Crippen molar-refractivity contribution in [2.24, 2.45) is 5.73 Å². The number of carbonyl (C=O) groups is 1. The fourth-order valence-corrected chi connectivity index (χ4v) is 2.04. The van der Waals surface area contributed by atoms with Crippen LogP contribution in [0, 0.1) is 13.8 Å². The molecule has 0 bridgehead atoms. The van der Waals surface area contributed by atoms with Crippen LogP contribution in [0.15, 0.2) is 36.4 Å². The fraction of sp³-hybridized carbons (Fsp3) is 0.235. The van der Waals surface area contributed by atoms with Gasteiger partial charge in [-0.1, -0.05) is 12.1 Å². The summed E-state index contributed by atoms with van der Waals surface area (Å²) in [6.45, 7) is 4.44. The van der Waals surface area contributed by atoms with Gasteiger partial charge in [0.05, 0.1) is 12.8 Å². The summed E-state index contributed by atoms with van der Waals surface area (Å²) in [4.78, 5) is 12.3. The average molecular weight is 284 g/mol. The van der Waals surface area contributed by atoms with Crippen molar-refractivity contribution in [1.82, 2.24) is 0 Å². The van der Waals surface area contributed by atoms with E-state index in [-0.39, 0.29) is 5.91 Å². The smallest absolute Gasteiger partial charge is 0.255 e. The fourth-order valence-electron chi connectivity index (χ4n) is 2.04. The monoisotopic (exact) mass is 284 g/mol. The minimum Gasteiger partial charge on any atom is -0.495 e. The molecule has 21 heavy (non-hydrogen) atoms. The van der Waals surface area contributed by atoms with Gasteiger partial charge in [-0.25, -0.2) is 0 Å². The Balaban J connectivity index is 2.24. The number of ether oxygens (including phenoxy) is 1. The van der Waals surface area contributed by atoms with E-state index < -0.39 is 0 Å². The van der Waals surface area contributed by atoms with Crippen LogP contribution in [0.25, 0.3) is 0 Å². The third kappa shape index (κ3) is 3.41. The maximum absolute atomic E-state index is 12.3. The lowest BCUT2D eigenvalue weighted by Gasteiger charge is -2.12. The summed E-state index contributed by atoms with van der Waals surface area (Å²) in [6, 6.07) is 11.2. The molecule has 0 aromatic heterocycles. The molecule has 0 saturated carbocycles. The molecule has 2 aromatic carbocycles. The first-order valence-corrected chi connectivity index (χ1v) is 6.80. The largest absolute Gasteiger partial charge is 0.495 e. The summed E-state index contributed by atoms with van der Waals surface area (Å²) in [7, 11) is 1.57. The lowest BCUT2D eigenvalue weighted by molar-refractivity contribution is 0.102. The van der Waals surface area contributed by atoms with Crippen molar-refractivity contribution in [2.45, 2.75) is 20.4 Å². The van der Waals surface area contributed by atoms with Gasteiger partial charge in [-0.05, 0) is 54.8 Å². The molecule has 0 aliphatic rings. The van der Waals surface area contributed by atoms with Gasteiger partial charge in [-0.2, -0.15) is 0 Å². The molecule has 0 radical (unpaired) electrons. The second-order valence-electron chi connectivity index (χ2n) is 4.99. The Morgan fingerprint density at radius 2 is 1.90 bits per heavy atom. The number of nitrogens with two attached hydrogens (primary N) is 1. The van der Waals surface area contributed by atoms with Crippen LogP contribution in [0.2, 0.25) is 0 Å². The van der Waals surface area contributed by atoms with Gasteiger partial charge in [0.1, 0.15) is 5.75 Å². The number of methoxy groups -OCH3 is 1. The minimum absolute atomic E-state index is 0.156. The second-order valence-corrected chi connectivity index (χ2v) is 4.99. The summed E-state index contributed by atoms with van der Waals surface area (Å²) < 4.78 is 5.30. The van der Waals surface area contributed by atoms with Crippen molar-refractivity contribution in [3.05, 3.63) is 58.7 Å². The molecule has 0 aliphatic carbocycles. The third-order valence-electron chi connectivity index (χ3n) is 3.52. The molecule has 0 fully saturated rings. The van der Waals surface area contributed by atoms with Crippen molar-refractivity contribution in [3.8, 4) is 5.75 Å². The SMILES string of the molecule is COc1cc(CN)ccc1NC(=O)c1ccc(C)c(C)c1. The van der Waals surface area contributed by atoms with E-state index in [1.165, 1.54) is 0 Å². The summed E-state index contributed by atoms with van der Waals surface area (Å²) in [6.07, 6.45) is 0. The molecule has 2 rings (SSSR count). The van der Waals surface area contributed by atoms with Gasteiger partial charge in [-0.3, -0.25) is 4.79 Å². The molecular weight excluding hydrogens is 264 g/mol. The zero-order chi connectivity index (χ0) is 15.4. The molecule has 3 N–H and O–H groups in total. The lowest BCUT2D eigenvalue weighted by Crippen LogP contribution is -2.13. The van der Waals surface area contributed by atoms with Gasteiger partial charge < -0.3 is 15.8 Å². The first-order chi connectivity index (χ1) is 10.0. The number of carbonyl (C=O) groups excluding carboxylic acids is 1. The molecule has 1 amide bonds. The summed E-state index contributed by atoms with van der Waals surface area (Å²) in [5, 5.41) is 2.87. The highest BCUT2D eigenvalue weighted by molar-refractivity contribution is 6.05. The molecule has 0 heterocycles. The molecule has 0 spiro atoms. The lowest BCUT2D eigenvalue weighted by atomic mass is 10.1. The highest BCUT2D eigenvalue weighted by Gasteiger charge is 2.11. The van der Waals surface area contributed by atoms with Crippen molar-refractivity contribution >= 4 is 11.6 Å². The Labute approximate surface area is 124 Å². The number of hydrogen-bond acceptors (Lipinski definition) is 3. The highest BCUT2D eigenvalue weighted by atomic mass is 16.5. The van der Waals surface area contributed by atoms with E-state index in [1.807, 2.05) is 44.2 Å². The molecule has 4 nitrogen and oxygen atoms in total. The van der Waals surface area contributed by atoms with Gasteiger partial charge in [-0.15, -0.1) is 0 Å². The van der Waals surface area contributed by atoms with E-state index in [0.717, 1.165) is 16.7 Å². The Hall–Kier alpha value is -2.33. The highest BCUT2D eigenvalue weighted by Crippen LogP contribution is 2.26. The van der Waals surface area contributed by atoms with E-state index >= 15 is 0 Å². The topological polar surface area (TPSA) is 64.3 Å². The number of benzene rings is 2. The van der Waals surface area contributed by atoms with Crippen molar-refractivity contribution < 1.29 is 9.53 Å². The van der Waals surface area contributed by atoms with Gasteiger partial charge >= 0.3 is 0 Å². The predicted octanol–water partition coefficient (Wildman–Crippen LogP) is 3.02. The molecule has 0 saturated heterocycles. The van der Waals surface area contributed by atoms with Crippen LogP contribution in [0.1, 0.15) is 27.0 Å². The van der Waals surface area contributed by atoms with Crippen LogP contribution in [0.4, 0.5) is 5.69 Å². The number of amides is 1. The number of rotatable bonds is 4. The quantitative estimate of drug-likeness (QED) is 0.907. The van der Waals surface area contributed by atoms with Crippen LogP contribution in [-0.4, -0.2) is 13.0 Å². The number of hydrogen-bond donors (Lipinski definition) is 2. The zero-order valence-corrected chi connectivity index (χ0v) is 12.6. The number of anilines is 1. The van der Waals surface area contributed by atoms with Crippen molar-refractivity contribution in [3.63, 3.8) is 0 Å². The Bertz CT molecular complexity index is 666. The van der Waals surface area contributed by atoms with Crippen molar-refractivity contribution in [1.29, 1.82) is 0 Å². The van der Waals surface area contributed by atoms with E-state index in [0.29, 0.717) is 23.5 Å². The normalized spacial score (nSPS) is 10.3. The maximum atomic E-state index is 12.3. The molecule has 0 atom stereocenters. The summed E-state index contributed by atoms with van der Waals surface area (Å²) >= 11 is 0. The minimum atomic E-state index is -0.156. The van der Waals surface area contributed by atoms with E-state index in [4.69, 9.17) is 10.5 Å². The Morgan fingerprint density at radius 1 is 1.14 bits per heavy atom. The molecule has 4 heteroatoms. The van der Waals surface area contributed by atoms with Crippen LogP contribution in [0.3, 0.4) is 0 Å². The maximum Gasteiger partial charge on any atom is 0.255 e. The van der Waals surface area contributed by atoms with Gasteiger partial charge in [0.25, 0.3) is 5.91 Å². The summed E-state index contributed by atoms with van der Waals surface area (Å²) in [5.74, 6) is 0.451. The van der Waals surface area contributed by atoms with E-state index in [9.17, 15) is 4.79 Å². The first kappa shape index (κ1) is 15.1.